The lowest BCUT2D eigenvalue weighted by atomic mass is 10.2. The zero-order valence-electron chi connectivity index (χ0n) is 10.5. The van der Waals surface area contributed by atoms with Crippen LogP contribution in [-0.2, 0) is 0 Å². The number of hydrogen-bond donors (Lipinski definition) is 2. The average Bonchev–Trinajstić information content (AvgIpc) is 2.97. The maximum atomic E-state index is 11.9. The molecule has 2 N–H and O–H groups in total. The number of nitrogens with zero attached hydrogens (tertiary/aromatic N) is 3. The lowest BCUT2D eigenvalue weighted by Crippen LogP contribution is -2.28. The van der Waals surface area contributed by atoms with Gasteiger partial charge in [0.05, 0.1) is 17.9 Å². The molecule has 1 atom stereocenters. The number of carbonyl (C=O) groups excluding carboxylic acids is 1. The molecule has 2 heterocycles. The summed E-state index contributed by atoms with van der Waals surface area (Å²) >= 11 is 1.62. The first-order chi connectivity index (χ1) is 8.61. The molecular weight excluding hydrogens is 250 g/mol. The highest BCUT2D eigenvalue weighted by atomic mass is 32.1. The fourth-order valence-corrected chi connectivity index (χ4v) is 2.59. The third kappa shape index (κ3) is 2.56. The van der Waals surface area contributed by atoms with Crippen LogP contribution < -0.4 is 5.32 Å². The number of aryl methyl sites for hydroxylation is 2. The van der Waals surface area contributed by atoms with Crippen LogP contribution in [0.4, 0.5) is 0 Å². The van der Waals surface area contributed by atoms with Gasteiger partial charge in [0.1, 0.15) is 5.01 Å². The number of amides is 1. The van der Waals surface area contributed by atoms with E-state index >= 15 is 0 Å². The molecule has 0 aliphatic rings. The van der Waals surface area contributed by atoms with Crippen molar-refractivity contribution in [3.05, 3.63) is 27.5 Å². The van der Waals surface area contributed by atoms with Crippen LogP contribution in [0.25, 0.3) is 0 Å². The molecule has 0 saturated heterocycles. The van der Waals surface area contributed by atoms with Crippen LogP contribution in [0.15, 0.2) is 6.20 Å². The molecule has 7 heteroatoms. The van der Waals surface area contributed by atoms with Gasteiger partial charge in [-0.05, 0) is 20.3 Å². The third-order valence-electron chi connectivity index (χ3n) is 2.70. The second kappa shape index (κ2) is 5.26. The summed E-state index contributed by atoms with van der Waals surface area (Å²) in [6, 6.07) is -0.0772. The SMILES string of the molecule is CCC(NC(=O)c1cn[nH]n1)c1nc(C)c(C)s1. The van der Waals surface area contributed by atoms with Crippen LogP contribution in [0, 0.1) is 13.8 Å². The van der Waals surface area contributed by atoms with Gasteiger partial charge in [-0.25, -0.2) is 4.98 Å². The predicted octanol–water partition coefficient (Wildman–Crippen LogP) is 1.76. The Kier molecular flexibility index (Phi) is 3.71. The molecule has 1 unspecified atom stereocenters. The number of aromatic nitrogens is 4. The zero-order valence-corrected chi connectivity index (χ0v) is 11.3. The van der Waals surface area contributed by atoms with Crippen molar-refractivity contribution in [3.63, 3.8) is 0 Å². The summed E-state index contributed by atoms with van der Waals surface area (Å²) in [6.07, 6.45) is 2.19. The summed E-state index contributed by atoms with van der Waals surface area (Å²) in [7, 11) is 0. The highest BCUT2D eigenvalue weighted by Gasteiger charge is 2.19. The van der Waals surface area contributed by atoms with Gasteiger partial charge in [0.2, 0.25) is 0 Å². The molecule has 0 aliphatic carbocycles. The Hall–Kier alpha value is -1.76. The molecule has 2 rings (SSSR count). The molecular formula is C11H15N5OS. The van der Waals surface area contributed by atoms with Crippen molar-refractivity contribution in [2.45, 2.75) is 33.2 Å². The molecule has 18 heavy (non-hydrogen) atoms. The van der Waals surface area contributed by atoms with E-state index < -0.39 is 0 Å². The van der Waals surface area contributed by atoms with Gasteiger partial charge in [-0.3, -0.25) is 4.79 Å². The van der Waals surface area contributed by atoms with E-state index in [1.807, 2.05) is 20.8 Å². The summed E-state index contributed by atoms with van der Waals surface area (Å²) in [4.78, 5) is 17.5. The minimum Gasteiger partial charge on any atom is -0.341 e. The van der Waals surface area contributed by atoms with Gasteiger partial charge in [0.25, 0.3) is 5.91 Å². The van der Waals surface area contributed by atoms with E-state index in [0.29, 0.717) is 5.69 Å². The Morgan fingerprint density at radius 3 is 2.83 bits per heavy atom. The van der Waals surface area contributed by atoms with Crippen LogP contribution in [0.3, 0.4) is 0 Å². The van der Waals surface area contributed by atoms with E-state index in [4.69, 9.17) is 0 Å². The summed E-state index contributed by atoms with van der Waals surface area (Å²) < 4.78 is 0. The highest BCUT2D eigenvalue weighted by molar-refractivity contribution is 7.11. The number of aromatic amines is 1. The molecule has 0 aliphatic heterocycles. The largest absolute Gasteiger partial charge is 0.341 e. The second-order valence-corrected chi connectivity index (χ2v) is 5.22. The van der Waals surface area contributed by atoms with Gasteiger partial charge in [0.15, 0.2) is 5.69 Å². The predicted molar refractivity (Wildman–Crippen MR) is 68.5 cm³/mol. The molecule has 2 aromatic heterocycles. The van der Waals surface area contributed by atoms with E-state index in [9.17, 15) is 4.79 Å². The Labute approximate surface area is 109 Å². The molecule has 0 bridgehead atoms. The van der Waals surface area contributed by atoms with Crippen molar-refractivity contribution < 1.29 is 4.79 Å². The minimum atomic E-state index is -0.235. The fourth-order valence-electron chi connectivity index (χ4n) is 1.53. The molecule has 96 valence electrons. The van der Waals surface area contributed by atoms with Gasteiger partial charge in [0, 0.05) is 4.88 Å². The minimum absolute atomic E-state index is 0.0772. The van der Waals surface area contributed by atoms with Crippen molar-refractivity contribution in [2.24, 2.45) is 0 Å². The van der Waals surface area contributed by atoms with Crippen LogP contribution in [0.5, 0.6) is 0 Å². The highest BCUT2D eigenvalue weighted by Crippen LogP contribution is 2.24. The first kappa shape index (κ1) is 12.7. The Morgan fingerprint density at radius 2 is 2.33 bits per heavy atom. The number of nitrogens with one attached hydrogen (secondary N) is 2. The Morgan fingerprint density at radius 1 is 1.56 bits per heavy atom. The molecule has 0 radical (unpaired) electrons. The lowest BCUT2D eigenvalue weighted by Gasteiger charge is -2.13. The Balaban J connectivity index is 2.12. The third-order valence-corrected chi connectivity index (χ3v) is 3.89. The van der Waals surface area contributed by atoms with E-state index in [1.165, 1.54) is 11.1 Å². The summed E-state index contributed by atoms with van der Waals surface area (Å²) in [6.45, 7) is 6.02. The molecule has 0 fully saturated rings. The first-order valence-electron chi connectivity index (χ1n) is 5.72. The number of hydrogen-bond acceptors (Lipinski definition) is 5. The topological polar surface area (TPSA) is 83.6 Å². The first-order valence-corrected chi connectivity index (χ1v) is 6.54. The van der Waals surface area contributed by atoms with Crippen molar-refractivity contribution >= 4 is 17.2 Å². The molecule has 0 saturated carbocycles. The number of rotatable bonds is 4. The van der Waals surface area contributed by atoms with Gasteiger partial charge < -0.3 is 5.32 Å². The van der Waals surface area contributed by atoms with E-state index in [0.717, 1.165) is 17.1 Å². The van der Waals surface area contributed by atoms with Crippen LogP contribution >= 0.6 is 11.3 Å². The van der Waals surface area contributed by atoms with Gasteiger partial charge in [-0.1, -0.05) is 6.92 Å². The maximum absolute atomic E-state index is 11.9. The quantitative estimate of drug-likeness (QED) is 0.882. The molecule has 1 amide bonds. The number of thiazole rings is 1. The standard InChI is InChI=1S/C11H15N5OS/c1-4-8(11-13-6(2)7(3)18-11)14-10(17)9-5-12-16-15-9/h5,8H,4H2,1-3H3,(H,14,17)(H,12,15,16). The lowest BCUT2D eigenvalue weighted by molar-refractivity contribution is 0.0930. The normalized spacial score (nSPS) is 12.4. The molecule has 0 aromatic carbocycles. The van der Waals surface area contributed by atoms with Gasteiger partial charge in [-0.2, -0.15) is 15.4 Å². The maximum Gasteiger partial charge on any atom is 0.274 e. The van der Waals surface area contributed by atoms with Gasteiger partial charge in [-0.15, -0.1) is 11.3 Å². The van der Waals surface area contributed by atoms with Crippen molar-refractivity contribution in [1.29, 1.82) is 0 Å². The summed E-state index contributed by atoms with van der Waals surface area (Å²) in [5, 5.41) is 13.6. The van der Waals surface area contributed by atoms with E-state index in [1.54, 1.807) is 11.3 Å². The molecule has 2 aromatic rings. The summed E-state index contributed by atoms with van der Waals surface area (Å²) in [5.74, 6) is -0.235. The smallest absolute Gasteiger partial charge is 0.274 e. The van der Waals surface area contributed by atoms with E-state index in [-0.39, 0.29) is 11.9 Å². The number of H-pyrrole nitrogens is 1. The number of carbonyl (C=O) groups is 1. The molecule has 0 spiro atoms. The molecule has 6 nitrogen and oxygen atoms in total. The van der Waals surface area contributed by atoms with E-state index in [2.05, 4.69) is 25.7 Å². The van der Waals surface area contributed by atoms with Crippen LogP contribution in [-0.4, -0.2) is 26.3 Å². The monoisotopic (exact) mass is 265 g/mol. The Bertz CT molecular complexity index is 514. The zero-order chi connectivity index (χ0) is 13.1. The van der Waals surface area contributed by atoms with Crippen LogP contribution in [0.1, 0.15) is 45.5 Å². The van der Waals surface area contributed by atoms with Gasteiger partial charge >= 0.3 is 0 Å². The second-order valence-electron chi connectivity index (χ2n) is 3.98. The van der Waals surface area contributed by atoms with Crippen molar-refractivity contribution in [3.8, 4) is 0 Å². The van der Waals surface area contributed by atoms with Crippen molar-refractivity contribution in [2.75, 3.05) is 0 Å². The van der Waals surface area contributed by atoms with Crippen molar-refractivity contribution in [1.82, 2.24) is 25.7 Å². The summed E-state index contributed by atoms with van der Waals surface area (Å²) in [5.41, 5.74) is 1.31. The van der Waals surface area contributed by atoms with Crippen LogP contribution in [0.2, 0.25) is 0 Å². The fraction of sp³-hybridized carbons (Fsp3) is 0.455. The average molecular weight is 265 g/mol.